The molecule has 1 nitrogen and oxygen atoms in total. The summed E-state index contributed by atoms with van der Waals surface area (Å²) in [4.78, 5) is 0. The maximum atomic E-state index is 12.4. The van der Waals surface area contributed by atoms with Crippen LogP contribution in [-0.2, 0) is 0 Å². The zero-order valence-electron chi connectivity index (χ0n) is 8.69. The summed E-state index contributed by atoms with van der Waals surface area (Å²) in [7, 11) is 0. The second-order valence-electron chi connectivity index (χ2n) is 4.52. The molecule has 1 aliphatic rings. The van der Waals surface area contributed by atoms with E-state index in [9.17, 15) is 13.2 Å². The highest BCUT2D eigenvalue weighted by atomic mass is 19.4. The highest BCUT2D eigenvalue weighted by Gasteiger charge is 2.41. The molecular formula is C10H18F3N. The first-order valence-corrected chi connectivity index (χ1v) is 5.22. The van der Waals surface area contributed by atoms with E-state index in [4.69, 9.17) is 0 Å². The van der Waals surface area contributed by atoms with Gasteiger partial charge in [-0.05, 0) is 25.2 Å². The van der Waals surface area contributed by atoms with Crippen molar-refractivity contribution < 1.29 is 13.2 Å². The maximum absolute atomic E-state index is 12.4. The first kappa shape index (κ1) is 11.8. The van der Waals surface area contributed by atoms with Crippen LogP contribution >= 0.6 is 0 Å². The molecule has 0 aromatic rings. The van der Waals surface area contributed by atoms with E-state index in [1.807, 2.05) is 13.8 Å². The van der Waals surface area contributed by atoms with Crippen molar-refractivity contribution in [3.63, 3.8) is 0 Å². The third-order valence-corrected chi connectivity index (χ3v) is 2.63. The van der Waals surface area contributed by atoms with Crippen molar-refractivity contribution in [2.24, 2.45) is 5.92 Å². The molecule has 4 heteroatoms. The van der Waals surface area contributed by atoms with Crippen molar-refractivity contribution in [3.8, 4) is 0 Å². The summed E-state index contributed by atoms with van der Waals surface area (Å²) in [6.45, 7) is 4.08. The lowest BCUT2D eigenvalue weighted by molar-refractivity contribution is -0.163. The number of piperidine rings is 1. The van der Waals surface area contributed by atoms with Crippen molar-refractivity contribution in [2.75, 3.05) is 0 Å². The van der Waals surface area contributed by atoms with Crippen LogP contribution in [0.2, 0.25) is 0 Å². The molecular weight excluding hydrogens is 191 g/mol. The Morgan fingerprint density at radius 3 is 2.43 bits per heavy atom. The smallest absolute Gasteiger partial charge is 0.303 e. The lowest BCUT2D eigenvalue weighted by atomic mass is 9.92. The van der Waals surface area contributed by atoms with Gasteiger partial charge in [-0.3, -0.25) is 0 Å². The minimum absolute atomic E-state index is 0.0513. The van der Waals surface area contributed by atoms with Crippen LogP contribution in [0.5, 0.6) is 0 Å². The second kappa shape index (κ2) is 4.51. The molecule has 0 radical (unpaired) electrons. The summed E-state index contributed by atoms with van der Waals surface area (Å²) < 4.78 is 37.2. The predicted octanol–water partition coefficient (Wildman–Crippen LogP) is 3.11. The molecule has 0 aliphatic carbocycles. The van der Waals surface area contributed by atoms with Crippen molar-refractivity contribution >= 4 is 0 Å². The lowest BCUT2D eigenvalue weighted by Gasteiger charge is -2.33. The average molecular weight is 209 g/mol. The molecule has 0 bridgehead atoms. The SMILES string of the molecule is CC(C)C[C@H]1CCC[C@@H](C(F)(F)F)N1. The third kappa shape index (κ3) is 3.48. The van der Waals surface area contributed by atoms with Crippen molar-refractivity contribution in [2.45, 2.75) is 57.8 Å². The molecule has 1 rings (SSSR count). The van der Waals surface area contributed by atoms with Gasteiger partial charge in [0.1, 0.15) is 6.04 Å². The third-order valence-electron chi connectivity index (χ3n) is 2.63. The fourth-order valence-electron chi connectivity index (χ4n) is 2.03. The molecule has 1 aliphatic heterocycles. The number of nitrogens with one attached hydrogen (secondary N) is 1. The summed E-state index contributed by atoms with van der Waals surface area (Å²) in [5, 5.41) is 2.70. The van der Waals surface area contributed by atoms with Crippen LogP contribution in [0.4, 0.5) is 13.2 Å². The first-order chi connectivity index (χ1) is 6.39. The summed E-state index contributed by atoms with van der Waals surface area (Å²) >= 11 is 0. The molecule has 0 unspecified atom stereocenters. The Bertz CT molecular complexity index is 177. The van der Waals surface area contributed by atoms with Crippen molar-refractivity contribution in [1.29, 1.82) is 0 Å². The average Bonchev–Trinajstić information content (AvgIpc) is 2.01. The lowest BCUT2D eigenvalue weighted by Crippen LogP contribution is -2.50. The zero-order chi connectivity index (χ0) is 10.8. The van der Waals surface area contributed by atoms with Gasteiger partial charge in [-0.15, -0.1) is 0 Å². The molecule has 1 N–H and O–H groups in total. The molecule has 1 saturated heterocycles. The highest BCUT2D eigenvalue weighted by molar-refractivity contribution is 4.85. The maximum Gasteiger partial charge on any atom is 0.403 e. The van der Waals surface area contributed by atoms with E-state index in [0.717, 1.165) is 12.8 Å². The van der Waals surface area contributed by atoms with Crippen LogP contribution in [0.3, 0.4) is 0 Å². The Morgan fingerprint density at radius 2 is 1.93 bits per heavy atom. The van der Waals surface area contributed by atoms with Gasteiger partial charge in [0.05, 0.1) is 0 Å². The van der Waals surface area contributed by atoms with Gasteiger partial charge in [0.2, 0.25) is 0 Å². The molecule has 1 heterocycles. The summed E-state index contributed by atoms with van der Waals surface area (Å²) in [5.74, 6) is 0.458. The fraction of sp³-hybridized carbons (Fsp3) is 1.00. The van der Waals surface area contributed by atoms with Crippen LogP contribution in [0.1, 0.15) is 39.5 Å². The Hall–Kier alpha value is -0.250. The van der Waals surface area contributed by atoms with E-state index >= 15 is 0 Å². The molecule has 1 fully saturated rings. The molecule has 14 heavy (non-hydrogen) atoms. The molecule has 0 saturated carbocycles. The second-order valence-corrected chi connectivity index (χ2v) is 4.52. The monoisotopic (exact) mass is 209 g/mol. The number of hydrogen-bond acceptors (Lipinski definition) is 1. The van der Waals surface area contributed by atoms with Gasteiger partial charge in [0, 0.05) is 6.04 Å². The summed E-state index contributed by atoms with van der Waals surface area (Å²) in [6.07, 6.45) is -1.43. The molecule has 0 aromatic heterocycles. The van der Waals surface area contributed by atoms with Crippen molar-refractivity contribution in [3.05, 3.63) is 0 Å². The van der Waals surface area contributed by atoms with Gasteiger partial charge in [0.15, 0.2) is 0 Å². The molecule has 0 spiro atoms. The van der Waals surface area contributed by atoms with E-state index in [0.29, 0.717) is 12.3 Å². The van der Waals surface area contributed by atoms with Crippen LogP contribution < -0.4 is 5.32 Å². The topological polar surface area (TPSA) is 12.0 Å². The van der Waals surface area contributed by atoms with Crippen LogP contribution in [0, 0.1) is 5.92 Å². The quantitative estimate of drug-likeness (QED) is 0.736. The molecule has 0 amide bonds. The van der Waals surface area contributed by atoms with E-state index in [-0.39, 0.29) is 12.5 Å². The Morgan fingerprint density at radius 1 is 1.29 bits per heavy atom. The largest absolute Gasteiger partial charge is 0.403 e. The standard InChI is InChI=1S/C10H18F3N/c1-7(2)6-8-4-3-5-9(14-8)10(11,12)13/h7-9,14H,3-6H2,1-2H3/t8-,9+/m1/s1. The van der Waals surface area contributed by atoms with Crippen molar-refractivity contribution in [1.82, 2.24) is 5.32 Å². The first-order valence-electron chi connectivity index (χ1n) is 5.22. The Balaban J connectivity index is 2.44. The molecule has 84 valence electrons. The fourth-order valence-corrected chi connectivity index (χ4v) is 2.03. The molecule has 2 atom stereocenters. The van der Waals surface area contributed by atoms with E-state index in [1.165, 1.54) is 0 Å². The van der Waals surface area contributed by atoms with Gasteiger partial charge >= 0.3 is 6.18 Å². The number of rotatable bonds is 2. The van der Waals surface area contributed by atoms with Crippen LogP contribution in [0.25, 0.3) is 0 Å². The van der Waals surface area contributed by atoms with Crippen LogP contribution in [-0.4, -0.2) is 18.3 Å². The summed E-state index contributed by atoms with van der Waals surface area (Å²) in [6, 6.07) is -1.23. The number of halogens is 3. The van der Waals surface area contributed by atoms with Gasteiger partial charge in [-0.25, -0.2) is 0 Å². The summed E-state index contributed by atoms with van der Waals surface area (Å²) in [5.41, 5.74) is 0. The van der Waals surface area contributed by atoms with E-state index in [1.54, 1.807) is 0 Å². The van der Waals surface area contributed by atoms with Gasteiger partial charge in [-0.2, -0.15) is 13.2 Å². The highest BCUT2D eigenvalue weighted by Crippen LogP contribution is 2.29. The zero-order valence-corrected chi connectivity index (χ0v) is 8.69. The minimum atomic E-state index is -4.07. The predicted molar refractivity (Wildman–Crippen MR) is 50.1 cm³/mol. The van der Waals surface area contributed by atoms with Crippen LogP contribution in [0.15, 0.2) is 0 Å². The molecule has 0 aromatic carbocycles. The van der Waals surface area contributed by atoms with Gasteiger partial charge in [-0.1, -0.05) is 20.3 Å². The Kier molecular flexibility index (Phi) is 3.81. The van der Waals surface area contributed by atoms with Gasteiger partial charge in [0.25, 0.3) is 0 Å². The minimum Gasteiger partial charge on any atom is -0.303 e. The van der Waals surface area contributed by atoms with E-state index < -0.39 is 12.2 Å². The van der Waals surface area contributed by atoms with E-state index in [2.05, 4.69) is 5.32 Å². The normalized spacial score (nSPS) is 29.6. The number of alkyl halides is 3. The number of hydrogen-bond donors (Lipinski definition) is 1. The van der Waals surface area contributed by atoms with Gasteiger partial charge < -0.3 is 5.32 Å². The Labute approximate surface area is 83.1 Å².